The van der Waals surface area contributed by atoms with Gasteiger partial charge in [-0.1, -0.05) is 24.3 Å². The van der Waals surface area contributed by atoms with Crippen molar-refractivity contribution in [1.82, 2.24) is 4.57 Å². The molecule has 3 aromatic rings. The molecule has 19 heavy (non-hydrogen) atoms. The van der Waals surface area contributed by atoms with Crippen molar-refractivity contribution in [3.8, 4) is 6.07 Å². The van der Waals surface area contributed by atoms with E-state index in [1.54, 1.807) is 0 Å². The van der Waals surface area contributed by atoms with Gasteiger partial charge in [0.2, 0.25) is 0 Å². The lowest BCUT2D eigenvalue weighted by Crippen LogP contribution is -1.98. The Morgan fingerprint density at radius 1 is 1.11 bits per heavy atom. The van der Waals surface area contributed by atoms with Gasteiger partial charge in [0.05, 0.1) is 11.6 Å². The minimum atomic E-state index is 0.713. The molecule has 2 heteroatoms. The molecule has 0 aliphatic rings. The number of aromatic nitrogens is 1. The molecule has 0 fully saturated rings. The highest BCUT2D eigenvalue weighted by atomic mass is 14.9. The summed E-state index contributed by atoms with van der Waals surface area (Å²) in [6.45, 7) is 2.92. The number of rotatable bonds is 2. The van der Waals surface area contributed by atoms with E-state index in [0.717, 1.165) is 12.1 Å². The summed E-state index contributed by atoms with van der Waals surface area (Å²) in [5.41, 5.74) is 4.40. The lowest BCUT2D eigenvalue weighted by molar-refractivity contribution is 0.836. The van der Waals surface area contributed by atoms with Crippen molar-refractivity contribution < 1.29 is 0 Å². The average Bonchev–Trinajstić information content (AvgIpc) is 2.84. The summed E-state index contributed by atoms with van der Waals surface area (Å²) in [6, 6.07) is 18.5. The Morgan fingerprint density at radius 3 is 2.79 bits per heavy atom. The highest BCUT2D eigenvalue weighted by Crippen LogP contribution is 2.20. The second-order valence-corrected chi connectivity index (χ2v) is 4.76. The second-order valence-electron chi connectivity index (χ2n) is 4.76. The van der Waals surface area contributed by atoms with Gasteiger partial charge >= 0.3 is 0 Å². The van der Waals surface area contributed by atoms with E-state index in [1.807, 2.05) is 18.2 Å². The molecule has 0 unspecified atom stereocenters. The van der Waals surface area contributed by atoms with Gasteiger partial charge in [0, 0.05) is 23.6 Å². The van der Waals surface area contributed by atoms with Crippen molar-refractivity contribution in [2.45, 2.75) is 13.5 Å². The molecule has 0 radical (unpaired) electrons. The van der Waals surface area contributed by atoms with Gasteiger partial charge in [-0.2, -0.15) is 5.26 Å². The van der Waals surface area contributed by atoms with Crippen LogP contribution in [0.15, 0.2) is 54.7 Å². The summed E-state index contributed by atoms with van der Waals surface area (Å²) in [4.78, 5) is 0. The summed E-state index contributed by atoms with van der Waals surface area (Å²) in [5.74, 6) is 0. The maximum absolute atomic E-state index is 8.94. The lowest BCUT2D eigenvalue weighted by Gasteiger charge is -2.06. The Kier molecular flexibility index (Phi) is 2.81. The van der Waals surface area contributed by atoms with Crippen LogP contribution >= 0.6 is 0 Å². The molecule has 1 aromatic heterocycles. The summed E-state index contributed by atoms with van der Waals surface area (Å²) in [5, 5.41) is 10.2. The number of nitriles is 1. The zero-order valence-corrected chi connectivity index (χ0v) is 10.8. The van der Waals surface area contributed by atoms with Crippen molar-refractivity contribution in [1.29, 1.82) is 5.26 Å². The molecular formula is C17H14N2. The topological polar surface area (TPSA) is 28.7 Å². The third kappa shape index (κ3) is 2.11. The molecule has 0 saturated heterocycles. The van der Waals surface area contributed by atoms with Gasteiger partial charge in [-0.25, -0.2) is 0 Å². The van der Waals surface area contributed by atoms with Gasteiger partial charge in [0.25, 0.3) is 0 Å². The molecule has 0 atom stereocenters. The van der Waals surface area contributed by atoms with Gasteiger partial charge in [-0.3, -0.25) is 0 Å². The maximum Gasteiger partial charge on any atom is 0.0991 e. The Bertz CT molecular complexity index is 775. The van der Waals surface area contributed by atoms with Crippen LogP contribution in [0.3, 0.4) is 0 Å². The number of aryl methyl sites for hydroxylation is 1. The monoisotopic (exact) mass is 246 g/mol. The van der Waals surface area contributed by atoms with Crippen molar-refractivity contribution in [2.75, 3.05) is 0 Å². The average molecular weight is 246 g/mol. The van der Waals surface area contributed by atoms with Crippen LogP contribution in [0.1, 0.15) is 16.7 Å². The summed E-state index contributed by atoms with van der Waals surface area (Å²) < 4.78 is 2.22. The predicted molar refractivity (Wildman–Crippen MR) is 76.9 cm³/mol. The SMILES string of the molecule is Cc1cccc2c1ccn2Cc1cccc(C#N)c1. The fourth-order valence-electron chi connectivity index (χ4n) is 2.45. The summed E-state index contributed by atoms with van der Waals surface area (Å²) in [7, 11) is 0. The van der Waals surface area contributed by atoms with Gasteiger partial charge < -0.3 is 4.57 Å². The van der Waals surface area contributed by atoms with Crippen LogP contribution in [0.25, 0.3) is 10.9 Å². The molecule has 0 saturated carbocycles. The number of fused-ring (bicyclic) bond motifs is 1. The Balaban J connectivity index is 2.02. The van der Waals surface area contributed by atoms with E-state index in [4.69, 9.17) is 5.26 Å². The van der Waals surface area contributed by atoms with Crippen molar-refractivity contribution in [3.05, 3.63) is 71.4 Å². The standard InChI is InChI=1S/C17H14N2/c1-13-4-2-7-17-16(13)8-9-19(17)12-15-6-3-5-14(10-15)11-18/h2-10H,12H2,1H3. The van der Waals surface area contributed by atoms with Gasteiger partial charge in [-0.15, -0.1) is 0 Å². The molecular weight excluding hydrogens is 232 g/mol. The Morgan fingerprint density at radius 2 is 1.95 bits per heavy atom. The summed E-state index contributed by atoms with van der Waals surface area (Å²) >= 11 is 0. The van der Waals surface area contributed by atoms with E-state index in [0.29, 0.717) is 5.56 Å². The number of nitrogens with zero attached hydrogens (tertiary/aromatic N) is 2. The fraction of sp³-hybridized carbons (Fsp3) is 0.118. The van der Waals surface area contributed by atoms with E-state index in [-0.39, 0.29) is 0 Å². The van der Waals surface area contributed by atoms with E-state index in [2.05, 4.69) is 54.1 Å². The molecule has 0 N–H and O–H groups in total. The first-order chi connectivity index (χ1) is 9.28. The van der Waals surface area contributed by atoms with Crippen LogP contribution < -0.4 is 0 Å². The van der Waals surface area contributed by atoms with Crippen LogP contribution in [0.5, 0.6) is 0 Å². The first-order valence-corrected chi connectivity index (χ1v) is 6.31. The maximum atomic E-state index is 8.94. The second kappa shape index (κ2) is 4.62. The third-order valence-corrected chi connectivity index (χ3v) is 3.44. The van der Waals surface area contributed by atoms with Crippen molar-refractivity contribution >= 4 is 10.9 Å². The molecule has 2 nitrogen and oxygen atoms in total. The van der Waals surface area contributed by atoms with E-state index >= 15 is 0 Å². The first-order valence-electron chi connectivity index (χ1n) is 6.31. The van der Waals surface area contributed by atoms with Gasteiger partial charge in [0.1, 0.15) is 0 Å². The van der Waals surface area contributed by atoms with Crippen LogP contribution in [0, 0.1) is 18.3 Å². The predicted octanol–water partition coefficient (Wildman–Crippen LogP) is 3.87. The van der Waals surface area contributed by atoms with Gasteiger partial charge in [-0.05, 0) is 42.3 Å². The van der Waals surface area contributed by atoms with Crippen molar-refractivity contribution in [3.63, 3.8) is 0 Å². The largest absolute Gasteiger partial charge is 0.343 e. The van der Waals surface area contributed by atoms with Crippen LogP contribution in [-0.2, 0) is 6.54 Å². The van der Waals surface area contributed by atoms with E-state index in [9.17, 15) is 0 Å². The van der Waals surface area contributed by atoms with Crippen molar-refractivity contribution in [2.24, 2.45) is 0 Å². The van der Waals surface area contributed by atoms with Crippen LogP contribution in [-0.4, -0.2) is 4.57 Å². The molecule has 1 heterocycles. The number of hydrogen-bond acceptors (Lipinski definition) is 1. The Hall–Kier alpha value is -2.53. The quantitative estimate of drug-likeness (QED) is 0.674. The zero-order valence-electron chi connectivity index (χ0n) is 10.8. The van der Waals surface area contributed by atoms with Gasteiger partial charge in [0.15, 0.2) is 0 Å². The highest BCUT2D eigenvalue weighted by molar-refractivity contribution is 5.83. The molecule has 0 aliphatic carbocycles. The summed E-state index contributed by atoms with van der Waals surface area (Å²) in [6.07, 6.45) is 2.11. The number of benzene rings is 2. The molecule has 3 rings (SSSR count). The lowest BCUT2D eigenvalue weighted by atomic mass is 10.1. The Labute approximate surface area is 112 Å². The van der Waals surface area contributed by atoms with Crippen LogP contribution in [0.2, 0.25) is 0 Å². The first kappa shape index (κ1) is 11.6. The smallest absolute Gasteiger partial charge is 0.0991 e. The molecule has 2 aromatic carbocycles. The van der Waals surface area contributed by atoms with Crippen LogP contribution in [0.4, 0.5) is 0 Å². The highest BCUT2D eigenvalue weighted by Gasteiger charge is 2.03. The molecule has 0 aliphatic heterocycles. The fourth-order valence-corrected chi connectivity index (χ4v) is 2.45. The zero-order chi connectivity index (χ0) is 13.2. The minimum absolute atomic E-state index is 0.713. The minimum Gasteiger partial charge on any atom is -0.343 e. The molecule has 0 bridgehead atoms. The normalized spacial score (nSPS) is 10.5. The van der Waals surface area contributed by atoms with E-state index in [1.165, 1.54) is 16.5 Å². The number of hydrogen-bond donors (Lipinski definition) is 0. The van der Waals surface area contributed by atoms with E-state index < -0.39 is 0 Å². The molecule has 0 spiro atoms. The molecule has 92 valence electrons. The third-order valence-electron chi connectivity index (χ3n) is 3.44. The molecule has 0 amide bonds.